The van der Waals surface area contributed by atoms with Crippen molar-refractivity contribution in [3.63, 3.8) is 0 Å². The lowest BCUT2D eigenvalue weighted by Crippen LogP contribution is -2.36. The Bertz CT molecular complexity index is 1100. The highest BCUT2D eigenvalue weighted by atomic mass is 32.1. The first-order valence-corrected chi connectivity index (χ1v) is 13.8. The van der Waals surface area contributed by atoms with Gasteiger partial charge in [-0.05, 0) is 98.7 Å². The maximum Gasteiger partial charge on any atom is 0.245 e. The van der Waals surface area contributed by atoms with Crippen molar-refractivity contribution in [2.24, 2.45) is 15.9 Å². The van der Waals surface area contributed by atoms with Crippen LogP contribution in [0.25, 0.3) is 0 Å². The van der Waals surface area contributed by atoms with E-state index in [-0.39, 0.29) is 19.2 Å². The highest BCUT2D eigenvalue weighted by molar-refractivity contribution is 7.12. The number of carbonyl (C=O) groups excluding carboxylic acids is 1. The predicted molar refractivity (Wildman–Crippen MR) is 154 cm³/mol. The van der Waals surface area contributed by atoms with Gasteiger partial charge in [-0.1, -0.05) is 20.8 Å². The topological polar surface area (TPSA) is 104 Å². The Morgan fingerprint density at radius 3 is 2.38 bits per heavy atom. The van der Waals surface area contributed by atoms with Gasteiger partial charge >= 0.3 is 0 Å². The van der Waals surface area contributed by atoms with Crippen LogP contribution < -0.4 is 10.1 Å². The number of thiophene rings is 1. The van der Waals surface area contributed by atoms with E-state index < -0.39 is 18.6 Å². The molecule has 1 aromatic carbocycles. The molecule has 1 amide bonds. The lowest BCUT2D eigenvalue weighted by Gasteiger charge is -2.17. The van der Waals surface area contributed by atoms with Crippen LogP contribution in [0.1, 0.15) is 73.7 Å². The molecule has 3 N–H and O–H groups in total. The van der Waals surface area contributed by atoms with Gasteiger partial charge in [-0.3, -0.25) is 9.79 Å². The number of rotatable bonds is 12. The lowest BCUT2D eigenvalue weighted by molar-refractivity contribution is -0.124. The summed E-state index contributed by atoms with van der Waals surface area (Å²) in [6.45, 7) is 16.3. The standard InChI is InChI=1S/C29H43N3O4S/c1-9-20(6)31-29(28-21(7)24(16-37-28)10-17(2)3)32-22(8)23-11-18(4)27(19(5)12-23)36-15-25(34)13-30-26(35)14-33/h11-12,16-17,20,25,33-34H,9-10,13-15H2,1-8H3,(H,30,35). The van der Waals surface area contributed by atoms with Crippen molar-refractivity contribution in [1.82, 2.24) is 5.32 Å². The second kappa shape index (κ2) is 14.4. The van der Waals surface area contributed by atoms with Gasteiger partial charge in [0.05, 0.1) is 4.88 Å². The molecule has 0 aliphatic heterocycles. The highest BCUT2D eigenvalue weighted by Gasteiger charge is 2.17. The number of ether oxygens (including phenoxy) is 1. The van der Waals surface area contributed by atoms with E-state index in [2.05, 4.69) is 45.3 Å². The van der Waals surface area contributed by atoms with Gasteiger partial charge in [0.15, 0.2) is 5.84 Å². The SMILES string of the molecule is CCC(C)N=C(N=C(C)c1cc(C)c(OCC(O)CNC(=O)CO)c(C)c1)c1scc(CC(C)C)c1C. The molecule has 0 spiro atoms. The Kier molecular flexibility index (Phi) is 11.9. The second-order valence-electron chi connectivity index (χ2n) is 10.1. The van der Waals surface area contributed by atoms with Gasteiger partial charge in [-0.25, -0.2) is 4.99 Å². The maximum atomic E-state index is 11.2. The number of carbonyl (C=O) groups is 1. The normalized spacial score (nSPS) is 14.1. The summed E-state index contributed by atoms with van der Waals surface area (Å²) >= 11 is 1.72. The van der Waals surface area contributed by atoms with Crippen molar-refractivity contribution in [1.29, 1.82) is 0 Å². The largest absolute Gasteiger partial charge is 0.490 e. The molecular weight excluding hydrogens is 486 g/mol. The second-order valence-corrected chi connectivity index (χ2v) is 11.0. The summed E-state index contributed by atoms with van der Waals surface area (Å²) in [5.74, 6) is 1.54. The first-order valence-electron chi connectivity index (χ1n) is 13.0. The van der Waals surface area contributed by atoms with Crippen LogP contribution >= 0.6 is 11.3 Å². The number of aliphatic hydroxyl groups is 2. The molecule has 0 bridgehead atoms. The Morgan fingerprint density at radius 1 is 1.16 bits per heavy atom. The van der Waals surface area contributed by atoms with Crippen molar-refractivity contribution < 1.29 is 19.7 Å². The molecule has 2 aromatic rings. The predicted octanol–water partition coefficient (Wildman–Crippen LogP) is 4.77. The number of hydrogen-bond donors (Lipinski definition) is 3. The Labute approximate surface area is 225 Å². The van der Waals surface area contributed by atoms with Crippen molar-refractivity contribution in [3.8, 4) is 5.75 Å². The van der Waals surface area contributed by atoms with E-state index >= 15 is 0 Å². The van der Waals surface area contributed by atoms with Gasteiger partial charge in [0.2, 0.25) is 5.91 Å². The number of aryl methyl sites for hydroxylation is 2. The quantitative estimate of drug-likeness (QED) is 0.272. The molecule has 2 rings (SSSR count). The molecule has 37 heavy (non-hydrogen) atoms. The van der Waals surface area contributed by atoms with Crippen molar-refractivity contribution in [3.05, 3.63) is 50.2 Å². The number of hydrogen-bond acceptors (Lipinski definition) is 6. The summed E-state index contributed by atoms with van der Waals surface area (Å²) in [5, 5.41) is 23.6. The number of amidine groups is 1. The molecule has 0 radical (unpaired) electrons. The minimum absolute atomic E-state index is 0.0145. The van der Waals surface area contributed by atoms with E-state index in [1.165, 1.54) is 11.1 Å². The molecule has 0 saturated heterocycles. The average Bonchev–Trinajstić information content (AvgIpc) is 3.20. The smallest absolute Gasteiger partial charge is 0.245 e. The van der Waals surface area contributed by atoms with Crippen LogP contribution in [0.4, 0.5) is 0 Å². The fourth-order valence-corrected chi connectivity index (χ4v) is 4.93. The minimum atomic E-state index is -0.883. The van der Waals surface area contributed by atoms with Gasteiger partial charge in [0.25, 0.3) is 0 Å². The van der Waals surface area contributed by atoms with E-state index in [9.17, 15) is 9.90 Å². The third kappa shape index (κ3) is 9.05. The summed E-state index contributed by atoms with van der Waals surface area (Å²) < 4.78 is 5.87. The van der Waals surface area contributed by atoms with Crippen molar-refractivity contribution in [2.45, 2.75) is 80.4 Å². The van der Waals surface area contributed by atoms with Gasteiger partial charge in [-0.2, -0.15) is 0 Å². The monoisotopic (exact) mass is 529 g/mol. The van der Waals surface area contributed by atoms with E-state index in [4.69, 9.17) is 19.8 Å². The van der Waals surface area contributed by atoms with Crippen LogP contribution in [-0.4, -0.2) is 59.6 Å². The Hall–Kier alpha value is -2.55. The van der Waals surface area contributed by atoms with Crippen LogP contribution in [0.15, 0.2) is 27.5 Å². The van der Waals surface area contributed by atoms with Crippen molar-refractivity contribution >= 4 is 28.8 Å². The third-order valence-corrected chi connectivity index (χ3v) is 7.28. The van der Waals surface area contributed by atoms with Crippen LogP contribution in [0.5, 0.6) is 5.75 Å². The Morgan fingerprint density at radius 2 is 1.81 bits per heavy atom. The number of aliphatic imine (C=N–C) groups is 2. The summed E-state index contributed by atoms with van der Waals surface area (Å²) in [6.07, 6.45) is 1.11. The number of benzene rings is 1. The number of amides is 1. The molecule has 1 aromatic heterocycles. The molecule has 0 aliphatic carbocycles. The summed E-state index contributed by atoms with van der Waals surface area (Å²) in [4.78, 5) is 22.3. The zero-order valence-corrected chi connectivity index (χ0v) is 24.3. The molecule has 7 nitrogen and oxygen atoms in total. The third-order valence-electron chi connectivity index (χ3n) is 6.16. The van der Waals surface area contributed by atoms with Crippen LogP contribution in [0, 0.1) is 26.7 Å². The van der Waals surface area contributed by atoms with E-state index in [0.717, 1.165) is 46.0 Å². The summed E-state index contributed by atoms with van der Waals surface area (Å²) in [6, 6.07) is 4.25. The van der Waals surface area contributed by atoms with Gasteiger partial charge in [0.1, 0.15) is 25.1 Å². The van der Waals surface area contributed by atoms with Gasteiger partial charge in [0, 0.05) is 18.3 Å². The number of aliphatic hydroxyl groups excluding tert-OH is 2. The van der Waals surface area contributed by atoms with Crippen LogP contribution in [0.2, 0.25) is 0 Å². The molecule has 2 atom stereocenters. The highest BCUT2D eigenvalue weighted by Crippen LogP contribution is 2.28. The summed E-state index contributed by atoms with van der Waals surface area (Å²) in [5.41, 5.74) is 6.37. The molecule has 0 fully saturated rings. The van der Waals surface area contributed by atoms with Crippen molar-refractivity contribution in [2.75, 3.05) is 19.8 Å². The number of nitrogens with one attached hydrogen (secondary N) is 1. The zero-order chi connectivity index (χ0) is 27.7. The van der Waals surface area contributed by atoms with E-state index in [1.807, 2.05) is 32.9 Å². The first kappa shape index (κ1) is 30.7. The molecule has 8 heteroatoms. The minimum Gasteiger partial charge on any atom is -0.490 e. The molecule has 1 heterocycles. The fourth-order valence-electron chi connectivity index (χ4n) is 3.89. The average molecular weight is 530 g/mol. The number of nitrogens with zero attached hydrogens (tertiary/aromatic N) is 2. The molecule has 0 aliphatic rings. The zero-order valence-electron chi connectivity index (χ0n) is 23.5. The molecule has 204 valence electrons. The van der Waals surface area contributed by atoms with Crippen LogP contribution in [0.3, 0.4) is 0 Å². The Balaban J connectivity index is 2.30. The lowest BCUT2D eigenvalue weighted by atomic mass is 10.0. The van der Waals surface area contributed by atoms with E-state index in [0.29, 0.717) is 11.7 Å². The van der Waals surface area contributed by atoms with Gasteiger partial charge < -0.3 is 20.3 Å². The molecular formula is C29H43N3O4S. The first-order chi connectivity index (χ1) is 17.5. The molecule has 2 unspecified atom stereocenters. The summed E-state index contributed by atoms with van der Waals surface area (Å²) in [7, 11) is 0. The van der Waals surface area contributed by atoms with Crippen LogP contribution in [-0.2, 0) is 11.2 Å². The molecule has 0 saturated carbocycles. The fraction of sp³-hybridized carbons (Fsp3) is 0.552. The van der Waals surface area contributed by atoms with Gasteiger partial charge in [-0.15, -0.1) is 11.3 Å². The van der Waals surface area contributed by atoms with E-state index in [1.54, 1.807) is 11.3 Å². The maximum absolute atomic E-state index is 11.2.